The van der Waals surface area contributed by atoms with Crippen molar-refractivity contribution in [1.82, 2.24) is 0 Å². The molecule has 0 bridgehead atoms. The van der Waals surface area contributed by atoms with Gasteiger partial charge in [-0.3, -0.25) is 4.90 Å². The third-order valence-corrected chi connectivity index (χ3v) is 7.44. The van der Waals surface area contributed by atoms with E-state index >= 15 is 0 Å². The number of hydrogen-bond acceptors (Lipinski definition) is 3. The molecule has 0 saturated carbocycles. The SMILES string of the molecule is c1ccc(-c2cccc(-c3ccc(-c4cc5c6c(c4)Oc4ccccc4N6c4ccccc4O5)cc3)c2)cc1. The Bertz CT molecular complexity index is 1790. The first-order chi connectivity index (χ1) is 19.3. The topological polar surface area (TPSA) is 21.7 Å². The fraction of sp³-hybridized carbons (Fsp3) is 0. The van der Waals surface area contributed by atoms with Crippen molar-refractivity contribution in [2.45, 2.75) is 0 Å². The molecular weight excluding hydrogens is 478 g/mol. The molecule has 6 aromatic carbocycles. The number of anilines is 3. The number of ether oxygens (including phenoxy) is 2. The van der Waals surface area contributed by atoms with Crippen LogP contribution >= 0.6 is 0 Å². The van der Waals surface area contributed by atoms with Crippen LogP contribution in [0.1, 0.15) is 0 Å². The second kappa shape index (κ2) is 8.64. The molecule has 0 aliphatic carbocycles. The van der Waals surface area contributed by atoms with Crippen molar-refractivity contribution in [3.8, 4) is 56.4 Å². The molecule has 2 aliphatic heterocycles. The molecule has 0 saturated heterocycles. The Morgan fingerprint density at radius 2 is 0.795 bits per heavy atom. The predicted octanol–water partition coefficient (Wildman–Crippen LogP) is 10.4. The van der Waals surface area contributed by atoms with Gasteiger partial charge in [0.25, 0.3) is 0 Å². The van der Waals surface area contributed by atoms with Gasteiger partial charge in [0, 0.05) is 0 Å². The van der Waals surface area contributed by atoms with Crippen molar-refractivity contribution in [1.29, 1.82) is 0 Å². The van der Waals surface area contributed by atoms with Crippen LogP contribution in [-0.4, -0.2) is 0 Å². The summed E-state index contributed by atoms with van der Waals surface area (Å²) in [6.45, 7) is 0. The van der Waals surface area contributed by atoms with E-state index in [1.807, 2.05) is 42.5 Å². The molecule has 3 nitrogen and oxygen atoms in total. The van der Waals surface area contributed by atoms with E-state index in [-0.39, 0.29) is 0 Å². The first kappa shape index (κ1) is 21.8. The fourth-order valence-corrected chi connectivity index (χ4v) is 5.55. The maximum absolute atomic E-state index is 6.43. The van der Waals surface area contributed by atoms with Crippen LogP contribution in [0.5, 0.6) is 23.0 Å². The molecule has 39 heavy (non-hydrogen) atoms. The van der Waals surface area contributed by atoms with Gasteiger partial charge in [-0.25, -0.2) is 0 Å². The maximum atomic E-state index is 6.43. The van der Waals surface area contributed by atoms with Gasteiger partial charge in [0.05, 0.1) is 11.4 Å². The summed E-state index contributed by atoms with van der Waals surface area (Å²) in [5.41, 5.74) is 9.91. The quantitative estimate of drug-likeness (QED) is 0.240. The predicted molar refractivity (Wildman–Crippen MR) is 158 cm³/mol. The van der Waals surface area contributed by atoms with E-state index in [4.69, 9.17) is 9.47 Å². The number of para-hydroxylation sites is 4. The second-order valence-electron chi connectivity index (χ2n) is 9.82. The summed E-state index contributed by atoms with van der Waals surface area (Å²) in [4.78, 5) is 2.24. The van der Waals surface area contributed by atoms with Gasteiger partial charge in [0.15, 0.2) is 23.0 Å². The number of rotatable bonds is 3. The zero-order valence-electron chi connectivity index (χ0n) is 21.0. The molecule has 184 valence electrons. The van der Waals surface area contributed by atoms with Crippen LogP contribution in [0, 0.1) is 0 Å². The average Bonchev–Trinajstić information content (AvgIpc) is 3.01. The number of fused-ring (bicyclic) bond motifs is 4. The van der Waals surface area contributed by atoms with Crippen molar-refractivity contribution in [3.63, 3.8) is 0 Å². The monoisotopic (exact) mass is 501 g/mol. The lowest BCUT2D eigenvalue weighted by Gasteiger charge is -2.38. The molecule has 0 spiro atoms. The molecule has 0 N–H and O–H groups in total. The van der Waals surface area contributed by atoms with Crippen molar-refractivity contribution in [2.75, 3.05) is 4.90 Å². The third kappa shape index (κ3) is 3.59. The molecule has 0 fully saturated rings. The molecule has 6 aromatic rings. The lowest BCUT2D eigenvalue weighted by atomic mass is 9.96. The third-order valence-electron chi connectivity index (χ3n) is 7.44. The average molecular weight is 502 g/mol. The van der Waals surface area contributed by atoms with Crippen LogP contribution in [-0.2, 0) is 0 Å². The summed E-state index contributed by atoms with van der Waals surface area (Å²) in [5, 5.41) is 0. The van der Waals surface area contributed by atoms with E-state index in [1.54, 1.807) is 0 Å². The molecule has 0 aromatic heterocycles. The Morgan fingerprint density at radius 1 is 0.333 bits per heavy atom. The summed E-state index contributed by atoms with van der Waals surface area (Å²) >= 11 is 0. The van der Waals surface area contributed by atoms with E-state index < -0.39 is 0 Å². The first-order valence-corrected chi connectivity index (χ1v) is 13.1. The van der Waals surface area contributed by atoms with Gasteiger partial charge in [-0.2, -0.15) is 0 Å². The molecule has 3 heteroatoms. The van der Waals surface area contributed by atoms with Gasteiger partial charge in [-0.1, -0.05) is 97.1 Å². The van der Waals surface area contributed by atoms with Crippen LogP contribution in [0.25, 0.3) is 33.4 Å². The molecule has 0 atom stereocenters. The summed E-state index contributed by atoms with van der Waals surface area (Å²) in [6.07, 6.45) is 0. The largest absolute Gasteiger partial charge is 0.453 e. The molecular formula is C36H23NO2. The van der Waals surface area contributed by atoms with Crippen molar-refractivity contribution in [2.24, 2.45) is 0 Å². The Hall–Kier alpha value is -5.28. The Balaban J connectivity index is 1.19. The fourth-order valence-electron chi connectivity index (χ4n) is 5.55. The minimum Gasteiger partial charge on any atom is -0.453 e. The lowest BCUT2D eigenvalue weighted by Crippen LogP contribution is -2.20. The highest BCUT2D eigenvalue weighted by Crippen LogP contribution is 2.60. The number of nitrogens with zero attached hydrogens (tertiary/aromatic N) is 1. The number of hydrogen-bond donors (Lipinski definition) is 0. The summed E-state index contributed by atoms with van der Waals surface area (Å²) < 4.78 is 12.9. The van der Waals surface area contributed by atoms with Crippen LogP contribution in [0.3, 0.4) is 0 Å². The van der Waals surface area contributed by atoms with Crippen LogP contribution < -0.4 is 14.4 Å². The van der Waals surface area contributed by atoms with Crippen molar-refractivity contribution < 1.29 is 9.47 Å². The van der Waals surface area contributed by atoms with Gasteiger partial charge in [-0.15, -0.1) is 0 Å². The highest BCUT2D eigenvalue weighted by atomic mass is 16.5. The van der Waals surface area contributed by atoms with Crippen molar-refractivity contribution >= 4 is 17.1 Å². The Kier molecular flexibility index (Phi) is 4.82. The van der Waals surface area contributed by atoms with Gasteiger partial charge in [-0.05, 0) is 75.8 Å². The molecule has 0 unspecified atom stereocenters. The van der Waals surface area contributed by atoms with E-state index in [2.05, 4.69) is 102 Å². The van der Waals surface area contributed by atoms with Gasteiger partial charge in [0.2, 0.25) is 0 Å². The minimum absolute atomic E-state index is 0.787. The first-order valence-electron chi connectivity index (χ1n) is 13.1. The number of benzene rings is 6. The minimum atomic E-state index is 0.787. The molecule has 2 heterocycles. The maximum Gasteiger partial charge on any atom is 0.156 e. The van der Waals surface area contributed by atoms with Crippen molar-refractivity contribution in [3.05, 3.63) is 140 Å². The van der Waals surface area contributed by atoms with Crippen LogP contribution in [0.2, 0.25) is 0 Å². The highest BCUT2D eigenvalue weighted by Gasteiger charge is 2.34. The molecule has 2 aliphatic rings. The molecule has 0 amide bonds. The van der Waals surface area contributed by atoms with E-state index in [9.17, 15) is 0 Å². The smallest absolute Gasteiger partial charge is 0.156 e. The molecule has 0 radical (unpaired) electrons. The van der Waals surface area contributed by atoms with E-state index in [0.717, 1.165) is 51.2 Å². The zero-order chi connectivity index (χ0) is 25.8. The van der Waals surface area contributed by atoms with E-state index in [0.29, 0.717) is 0 Å². The zero-order valence-corrected chi connectivity index (χ0v) is 21.0. The molecule has 8 rings (SSSR count). The summed E-state index contributed by atoms with van der Waals surface area (Å²) in [7, 11) is 0. The summed E-state index contributed by atoms with van der Waals surface area (Å²) in [6, 6.07) is 48.4. The van der Waals surface area contributed by atoms with Gasteiger partial charge in [0.1, 0.15) is 5.69 Å². The Morgan fingerprint density at radius 3 is 1.38 bits per heavy atom. The Labute approximate surface area is 227 Å². The second-order valence-corrected chi connectivity index (χ2v) is 9.82. The standard InChI is InChI=1S/C36H23NO2/c1-2-9-24(10-3-1)27-11-8-12-28(21-27)25-17-19-26(20-18-25)29-22-34-36-35(23-29)39-33-16-7-5-14-31(33)37(36)30-13-4-6-15-32(30)38-34/h1-23H. The van der Waals surface area contributed by atoms with Gasteiger partial charge < -0.3 is 9.47 Å². The highest BCUT2D eigenvalue weighted by molar-refractivity contribution is 5.95. The van der Waals surface area contributed by atoms with Gasteiger partial charge >= 0.3 is 0 Å². The van der Waals surface area contributed by atoms with E-state index in [1.165, 1.54) is 22.3 Å². The summed E-state index contributed by atoms with van der Waals surface area (Å²) in [5.74, 6) is 3.24. The van der Waals surface area contributed by atoms with Crippen LogP contribution in [0.15, 0.2) is 140 Å². The van der Waals surface area contributed by atoms with Crippen LogP contribution in [0.4, 0.5) is 17.1 Å². The lowest BCUT2D eigenvalue weighted by molar-refractivity contribution is 0.446. The normalized spacial score (nSPS) is 12.5.